The smallest absolute Gasteiger partial charge is 0.236 e. The summed E-state index contributed by atoms with van der Waals surface area (Å²) in [4.78, 5) is 30.7. The van der Waals surface area contributed by atoms with Crippen molar-refractivity contribution in [2.45, 2.75) is 71.6 Å². The first kappa shape index (κ1) is 26.2. The van der Waals surface area contributed by atoms with Crippen molar-refractivity contribution in [1.29, 1.82) is 0 Å². The molecule has 0 bridgehead atoms. The van der Waals surface area contributed by atoms with Gasteiger partial charge in [0, 0.05) is 46.7 Å². The van der Waals surface area contributed by atoms with E-state index >= 15 is 0 Å². The Morgan fingerprint density at radius 3 is 2.00 bits per heavy atom. The zero-order valence-corrected chi connectivity index (χ0v) is 21.4. The zero-order valence-electron chi connectivity index (χ0n) is 21.4. The largest absolute Gasteiger partial charge is 0.507 e. The second-order valence-corrected chi connectivity index (χ2v) is 11.3. The third-order valence-electron chi connectivity index (χ3n) is 6.21. The minimum atomic E-state index is -0.178. The molecular weight excluding hydrogens is 402 g/mol. The van der Waals surface area contributed by atoms with Gasteiger partial charge in [0.1, 0.15) is 5.75 Å². The molecule has 0 spiro atoms. The van der Waals surface area contributed by atoms with E-state index in [1.165, 1.54) is 0 Å². The maximum absolute atomic E-state index is 13.0. The Balaban J connectivity index is 2.07. The van der Waals surface area contributed by atoms with E-state index in [-0.39, 0.29) is 22.6 Å². The van der Waals surface area contributed by atoms with Crippen molar-refractivity contribution >= 4 is 11.8 Å². The number of nitrogens with zero attached hydrogens (tertiary/aromatic N) is 3. The van der Waals surface area contributed by atoms with Crippen molar-refractivity contribution < 1.29 is 14.7 Å². The van der Waals surface area contributed by atoms with Gasteiger partial charge in [-0.3, -0.25) is 14.5 Å². The maximum atomic E-state index is 13.0. The summed E-state index contributed by atoms with van der Waals surface area (Å²) in [7, 11) is 3.55. The summed E-state index contributed by atoms with van der Waals surface area (Å²) < 4.78 is 0. The lowest BCUT2D eigenvalue weighted by Crippen LogP contribution is -2.39. The van der Waals surface area contributed by atoms with Gasteiger partial charge in [0.25, 0.3) is 0 Å². The quantitative estimate of drug-likeness (QED) is 0.753. The summed E-state index contributed by atoms with van der Waals surface area (Å²) in [5.74, 6) is 0.634. The van der Waals surface area contributed by atoms with Crippen LogP contribution in [-0.4, -0.2) is 78.4 Å². The van der Waals surface area contributed by atoms with E-state index in [2.05, 4.69) is 58.6 Å². The highest BCUT2D eigenvalue weighted by Gasteiger charge is 2.27. The van der Waals surface area contributed by atoms with Crippen LogP contribution in [0.5, 0.6) is 5.75 Å². The van der Waals surface area contributed by atoms with Crippen molar-refractivity contribution in [2.75, 3.05) is 46.8 Å². The van der Waals surface area contributed by atoms with Crippen LogP contribution in [0.2, 0.25) is 0 Å². The zero-order chi connectivity index (χ0) is 24.3. The number of phenols is 1. The van der Waals surface area contributed by atoms with E-state index in [9.17, 15) is 14.7 Å². The average Bonchev–Trinajstić information content (AvgIpc) is 2.90. The second kappa shape index (κ2) is 10.2. The van der Waals surface area contributed by atoms with Crippen molar-refractivity contribution in [2.24, 2.45) is 0 Å². The molecule has 1 saturated heterocycles. The standard InChI is InChI=1S/C26H43N3O3/c1-25(2,3)20-16-19(17-21(24(20)32)26(4,5)6)10-11-22(30)29-13-9-12-28(14-15-29)18-23(31)27(7)8/h16-17,32H,9-15,18H2,1-8H3. The molecule has 6 nitrogen and oxygen atoms in total. The molecule has 1 aliphatic heterocycles. The highest BCUT2D eigenvalue weighted by Crippen LogP contribution is 2.40. The third-order valence-corrected chi connectivity index (χ3v) is 6.21. The first-order valence-corrected chi connectivity index (χ1v) is 11.8. The number of likely N-dealkylation sites (N-methyl/N-ethyl adjacent to an activating group) is 1. The predicted octanol–water partition coefficient (Wildman–Crippen LogP) is 3.54. The van der Waals surface area contributed by atoms with Crippen LogP contribution in [0.25, 0.3) is 0 Å². The molecule has 0 saturated carbocycles. The molecule has 1 heterocycles. The van der Waals surface area contributed by atoms with E-state index in [1.807, 2.05) is 4.90 Å². The molecule has 1 N–H and O–H groups in total. The Kier molecular flexibility index (Phi) is 8.38. The fourth-order valence-corrected chi connectivity index (χ4v) is 4.10. The van der Waals surface area contributed by atoms with Gasteiger partial charge < -0.3 is 14.9 Å². The lowest BCUT2D eigenvalue weighted by Gasteiger charge is -2.28. The van der Waals surface area contributed by atoms with Gasteiger partial charge in [-0.15, -0.1) is 0 Å². The van der Waals surface area contributed by atoms with E-state index in [1.54, 1.807) is 19.0 Å². The Labute approximate surface area is 194 Å². The number of hydrogen-bond acceptors (Lipinski definition) is 4. The molecule has 1 fully saturated rings. The number of benzene rings is 1. The SMILES string of the molecule is CN(C)C(=O)CN1CCCN(C(=O)CCc2cc(C(C)(C)C)c(O)c(C(C)(C)C)c2)CC1. The van der Waals surface area contributed by atoms with Crippen LogP contribution in [-0.2, 0) is 26.8 Å². The van der Waals surface area contributed by atoms with Crippen LogP contribution < -0.4 is 0 Å². The lowest BCUT2D eigenvalue weighted by atomic mass is 9.78. The molecule has 0 aromatic heterocycles. The Hall–Kier alpha value is -2.08. The van der Waals surface area contributed by atoms with Gasteiger partial charge in [-0.25, -0.2) is 0 Å². The fourth-order valence-electron chi connectivity index (χ4n) is 4.10. The summed E-state index contributed by atoms with van der Waals surface area (Å²) in [6.45, 7) is 16.0. The van der Waals surface area contributed by atoms with Crippen molar-refractivity contribution in [3.8, 4) is 5.75 Å². The minimum absolute atomic E-state index is 0.0985. The average molecular weight is 446 g/mol. The lowest BCUT2D eigenvalue weighted by molar-refractivity contribution is -0.131. The van der Waals surface area contributed by atoms with Gasteiger partial charge >= 0.3 is 0 Å². The van der Waals surface area contributed by atoms with Crippen LogP contribution >= 0.6 is 0 Å². The predicted molar refractivity (Wildman–Crippen MR) is 130 cm³/mol. The molecule has 1 aromatic carbocycles. The van der Waals surface area contributed by atoms with Crippen LogP contribution in [0.3, 0.4) is 0 Å². The van der Waals surface area contributed by atoms with Gasteiger partial charge in [-0.05, 0) is 40.4 Å². The molecule has 1 aromatic rings. The number of aromatic hydroxyl groups is 1. The molecule has 1 aliphatic rings. The molecular formula is C26H43N3O3. The van der Waals surface area contributed by atoms with Crippen molar-refractivity contribution in [3.63, 3.8) is 0 Å². The van der Waals surface area contributed by atoms with Gasteiger partial charge in [0.15, 0.2) is 0 Å². The highest BCUT2D eigenvalue weighted by molar-refractivity contribution is 5.78. The summed E-state index contributed by atoms with van der Waals surface area (Å²) in [5.41, 5.74) is 2.61. The fraction of sp³-hybridized carbons (Fsp3) is 0.692. The Morgan fingerprint density at radius 1 is 0.938 bits per heavy atom. The molecule has 0 atom stereocenters. The van der Waals surface area contributed by atoms with Crippen LogP contribution in [0, 0.1) is 0 Å². The first-order chi connectivity index (χ1) is 14.7. The summed E-state index contributed by atoms with van der Waals surface area (Å²) >= 11 is 0. The normalized spacial score (nSPS) is 16.1. The number of rotatable bonds is 5. The van der Waals surface area contributed by atoms with Crippen LogP contribution in [0.4, 0.5) is 0 Å². The van der Waals surface area contributed by atoms with E-state index in [0.717, 1.165) is 42.7 Å². The monoisotopic (exact) mass is 445 g/mol. The molecule has 0 aliphatic carbocycles. The van der Waals surface area contributed by atoms with Crippen LogP contribution in [0.1, 0.15) is 71.1 Å². The second-order valence-electron chi connectivity index (χ2n) is 11.3. The molecule has 2 rings (SSSR count). The van der Waals surface area contributed by atoms with Gasteiger partial charge in [-0.1, -0.05) is 53.7 Å². The molecule has 2 amide bonds. The highest BCUT2D eigenvalue weighted by atomic mass is 16.3. The number of carbonyl (C=O) groups excluding carboxylic acids is 2. The molecule has 6 heteroatoms. The maximum Gasteiger partial charge on any atom is 0.236 e. The van der Waals surface area contributed by atoms with Gasteiger partial charge in [0.2, 0.25) is 11.8 Å². The summed E-state index contributed by atoms with van der Waals surface area (Å²) in [6, 6.07) is 4.13. The molecule has 0 unspecified atom stereocenters. The topological polar surface area (TPSA) is 64.1 Å². The molecule has 180 valence electrons. The number of carbonyl (C=O) groups is 2. The number of hydrogen-bond donors (Lipinski definition) is 1. The van der Waals surface area contributed by atoms with E-state index < -0.39 is 0 Å². The van der Waals surface area contributed by atoms with E-state index in [4.69, 9.17) is 0 Å². The van der Waals surface area contributed by atoms with Crippen molar-refractivity contribution in [1.82, 2.24) is 14.7 Å². The number of amides is 2. The summed E-state index contributed by atoms with van der Waals surface area (Å²) in [6.07, 6.45) is 1.99. The molecule has 32 heavy (non-hydrogen) atoms. The molecule has 0 radical (unpaired) electrons. The minimum Gasteiger partial charge on any atom is -0.507 e. The van der Waals surface area contributed by atoms with Crippen molar-refractivity contribution in [3.05, 3.63) is 28.8 Å². The van der Waals surface area contributed by atoms with Crippen LogP contribution in [0.15, 0.2) is 12.1 Å². The third kappa shape index (κ3) is 6.96. The van der Waals surface area contributed by atoms with E-state index in [0.29, 0.717) is 31.7 Å². The Bertz CT molecular complexity index is 784. The van der Waals surface area contributed by atoms with Gasteiger partial charge in [-0.2, -0.15) is 0 Å². The van der Waals surface area contributed by atoms with Gasteiger partial charge in [0.05, 0.1) is 6.54 Å². The number of phenolic OH excluding ortho intramolecular Hbond substituents is 1. The number of aryl methyl sites for hydroxylation is 1. The first-order valence-electron chi connectivity index (χ1n) is 11.8. The Morgan fingerprint density at radius 2 is 1.50 bits per heavy atom. The summed E-state index contributed by atoms with van der Waals surface area (Å²) in [5, 5.41) is 10.9.